The summed E-state index contributed by atoms with van der Waals surface area (Å²) < 4.78 is 10.7. The molecule has 3 fully saturated rings. The molecule has 1 amide bonds. The molecule has 1 saturated carbocycles. The van der Waals surface area contributed by atoms with Gasteiger partial charge in [0.2, 0.25) is 5.91 Å². The molecule has 1 aliphatic carbocycles. The van der Waals surface area contributed by atoms with E-state index in [0.717, 1.165) is 18.4 Å². The average molecular weight is 331 g/mol. The number of methoxy groups -OCH3 is 2. The highest BCUT2D eigenvalue weighted by molar-refractivity contribution is 5.79. The van der Waals surface area contributed by atoms with Crippen molar-refractivity contribution in [2.24, 2.45) is 0 Å². The van der Waals surface area contributed by atoms with Crippen molar-refractivity contribution in [2.45, 2.75) is 56.5 Å². The molecule has 130 valence electrons. The molecule has 6 nitrogen and oxygen atoms in total. The molecule has 2 saturated heterocycles. The van der Waals surface area contributed by atoms with Gasteiger partial charge in [0.15, 0.2) is 11.5 Å². The predicted molar refractivity (Wildman–Crippen MR) is 89.9 cm³/mol. The Balaban J connectivity index is 1.56. The van der Waals surface area contributed by atoms with Crippen molar-refractivity contribution in [3.8, 4) is 11.5 Å². The predicted octanol–water partition coefficient (Wildman–Crippen LogP) is 1.76. The minimum Gasteiger partial charge on any atom is -0.493 e. The summed E-state index contributed by atoms with van der Waals surface area (Å²) in [5.41, 5.74) is 1.05. The van der Waals surface area contributed by atoms with Gasteiger partial charge in [0.05, 0.1) is 14.2 Å². The van der Waals surface area contributed by atoms with Gasteiger partial charge >= 0.3 is 0 Å². The molecule has 6 heteroatoms. The van der Waals surface area contributed by atoms with Crippen LogP contribution in [0.1, 0.15) is 43.7 Å². The van der Waals surface area contributed by atoms with Crippen LogP contribution in [0.3, 0.4) is 0 Å². The molecule has 0 aromatic heterocycles. The van der Waals surface area contributed by atoms with Crippen molar-refractivity contribution in [3.63, 3.8) is 0 Å². The van der Waals surface area contributed by atoms with Crippen molar-refractivity contribution < 1.29 is 14.3 Å². The maximum absolute atomic E-state index is 12.8. The topological polar surface area (TPSA) is 62.8 Å². The van der Waals surface area contributed by atoms with Crippen LogP contribution in [-0.4, -0.2) is 43.4 Å². The number of rotatable bonds is 3. The Bertz CT molecular complexity index is 636. The molecule has 2 heterocycles. The number of amides is 1. The van der Waals surface area contributed by atoms with Crippen LogP contribution in [-0.2, 0) is 4.79 Å². The normalized spacial score (nSPS) is 32.2. The summed E-state index contributed by atoms with van der Waals surface area (Å²) >= 11 is 0. The van der Waals surface area contributed by atoms with Crippen molar-refractivity contribution in [2.75, 3.05) is 14.2 Å². The molecule has 4 atom stereocenters. The van der Waals surface area contributed by atoms with E-state index in [9.17, 15) is 4.79 Å². The fraction of sp³-hybridized carbons (Fsp3) is 0.611. The van der Waals surface area contributed by atoms with E-state index in [4.69, 9.17) is 9.47 Å². The summed E-state index contributed by atoms with van der Waals surface area (Å²) in [5.74, 6) is 1.63. The van der Waals surface area contributed by atoms with Crippen LogP contribution in [0.2, 0.25) is 0 Å². The quantitative estimate of drug-likeness (QED) is 0.884. The lowest BCUT2D eigenvalue weighted by atomic mass is 9.90. The van der Waals surface area contributed by atoms with Gasteiger partial charge in [0.25, 0.3) is 0 Å². The Labute approximate surface area is 142 Å². The van der Waals surface area contributed by atoms with E-state index < -0.39 is 0 Å². The first-order chi connectivity index (χ1) is 11.7. The lowest BCUT2D eigenvalue weighted by molar-refractivity contribution is -0.139. The Hall–Kier alpha value is -1.79. The average Bonchev–Trinajstić information content (AvgIpc) is 2.99. The third-order valence-corrected chi connectivity index (χ3v) is 5.57. The van der Waals surface area contributed by atoms with Gasteiger partial charge in [-0.05, 0) is 30.5 Å². The summed E-state index contributed by atoms with van der Waals surface area (Å²) in [4.78, 5) is 14.8. The fourth-order valence-electron chi connectivity index (χ4n) is 4.38. The zero-order valence-corrected chi connectivity index (χ0v) is 14.2. The van der Waals surface area contributed by atoms with E-state index in [1.165, 1.54) is 12.8 Å². The number of hydrogen-bond acceptors (Lipinski definition) is 5. The lowest BCUT2D eigenvalue weighted by Crippen LogP contribution is -2.57. The molecule has 0 bridgehead atoms. The van der Waals surface area contributed by atoms with Crippen molar-refractivity contribution in [1.29, 1.82) is 0 Å². The van der Waals surface area contributed by atoms with Crippen LogP contribution >= 0.6 is 0 Å². The molecule has 4 rings (SSSR count). The molecular formula is C18H25N3O3. The minimum absolute atomic E-state index is 0.00814. The molecular weight excluding hydrogens is 306 g/mol. The fourth-order valence-corrected chi connectivity index (χ4v) is 4.38. The molecule has 0 radical (unpaired) electrons. The smallest absolute Gasteiger partial charge is 0.227 e. The Morgan fingerprint density at radius 1 is 1.08 bits per heavy atom. The zero-order chi connectivity index (χ0) is 16.7. The maximum Gasteiger partial charge on any atom is 0.227 e. The van der Waals surface area contributed by atoms with Gasteiger partial charge < -0.3 is 14.4 Å². The van der Waals surface area contributed by atoms with Crippen LogP contribution in [0.5, 0.6) is 11.5 Å². The van der Waals surface area contributed by atoms with E-state index in [1.54, 1.807) is 14.2 Å². The van der Waals surface area contributed by atoms with Crippen LogP contribution < -0.4 is 20.1 Å². The number of carbonyl (C=O) groups is 1. The highest BCUT2D eigenvalue weighted by Crippen LogP contribution is 2.36. The molecule has 2 aliphatic heterocycles. The van der Waals surface area contributed by atoms with Crippen LogP contribution in [0.25, 0.3) is 0 Å². The Kier molecular flexibility index (Phi) is 4.10. The monoisotopic (exact) mass is 331 g/mol. The third-order valence-electron chi connectivity index (χ3n) is 5.57. The number of benzene rings is 1. The highest BCUT2D eigenvalue weighted by Gasteiger charge is 2.47. The summed E-state index contributed by atoms with van der Waals surface area (Å²) in [7, 11) is 3.26. The number of nitrogens with one attached hydrogen (secondary N) is 2. The third kappa shape index (κ3) is 2.54. The van der Waals surface area contributed by atoms with E-state index in [0.29, 0.717) is 30.0 Å². The van der Waals surface area contributed by atoms with Crippen molar-refractivity contribution in [3.05, 3.63) is 23.8 Å². The van der Waals surface area contributed by atoms with Crippen LogP contribution in [0.4, 0.5) is 0 Å². The first-order valence-electron chi connectivity index (χ1n) is 8.76. The second-order valence-electron chi connectivity index (χ2n) is 6.87. The number of fused-ring (bicyclic) bond motifs is 3. The Morgan fingerprint density at radius 2 is 1.88 bits per heavy atom. The summed E-state index contributed by atoms with van der Waals surface area (Å²) in [6.45, 7) is 0. The second-order valence-corrected chi connectivity index (χ2v) is 6.87. The van der Waals surface area contributed by atoms with Gasteiger partial charge in [-0.1, -0.05) is 18.9 Å². The van der Waals surface area contributed by atoms with Gasteiger partial charge in [0.1, 0.15) is 6.29 Å². The van der Waals surface area contributed by atoms with Gasteiger partial charge in [-0.2, -0.15) is 0 Å². The standard InChI is InChI=1S/C18H25N3O3/c1-23-15-8-7-11(9-16(15)24-2)13-10-17(22)21-14-6-4-3-5-12(14)19-18(21)20-13/h7-9,12-14,18-20H,3-6,10H2,1-2H3. The van der Waals surface area contributed by atoms with Crippen LogP contribution in [0, 0.1) is 0 Å². The van der Waals surface area contributed by atoms with Crippen molar-refractivity contribution >= 4 is 5.91 Å². The summed E-state index contributed by atoms with van der Waals surface area (Å²) in [6, 6.07) is 6.64. The SMILES string of the molecule is COc1ccc(C2CC(=O)N3C(N2)NC2CCCCC23)cc1OC. The minimum atomic E-state index is -0.0579. The molecule has 1 aromatic rings. The van der Waals surface area contributed by atoms with E-state index in [1.807, 2.05) is 23.1 Å². The largest absolute Gasteiger partial charge is 0.493 e. The molecule has 3 aliphatic rings. The molecule has 2 N–H and O–H groups in total. The molecule has 0 spiro atoms. The van der Waals surface area contributed by atoms with Gasteiger partial charge in [-0.25, -0.2) is 0 Å². The molecule has 4 unspecified atom stereocenters. The number of carbonyl (C=O) groups excluding carboxylic acids is 1. The Morgan fingerprint density at radius 3 is 2.67 bits per heavy atom. The van der Waals surface area contributed by atoms with Gasteiger partial charge in [-0.15, -0.1) is 0 Å². The van der Waals surface area contributed by atoms with E-state index >= 15 is 0 Å². The van der Waals surface area contributed by atoms with Crippen LogP contribution in [0.15, 0.2) is 18.2 Å². The zero-order valence-electron chi connectivity index (χ0n) is 14.2. The van der Waals surface area contributed by atoms with Gasteiger partial charge in [0, 0.05) is 24.5 Å². The summed E-state index contributed by atoms with van der Waals surface area (Å²) in [5, 5.41) is 7.22. The van der Waals surface area contributed by atoms with E-state index in [-0.39, 0.29) is 18.2 Å². The molecule has 24 heavy (non-hydrogen) atoms. The summed E-state index contributed by atoms with van der Waals surface area (Å²) in [6.07, 6.45) is 5.17. The number of ether oxygens (including phenoxy) is 2. The maximum atomic E-state index is 12.8. The van der Waals surface area contributed by atoms with Crippen molar-refractivity contribution in [1.82, 2.24) is 15.5 Å². The first kappa shape index (κ1) is 15.7. The first-order valence-corrected chi connectivity index (χ1v) is 8.76. The number of hydrogen-bond donors (Lipinski definition) is 2. The number of nitrogens with zero attached hydrogens (tertiary/aromatic N) is 1. The van der Waals surface area contributed by atoms with E-state index in [2.05, 4.69) is 10.6 Å². The lowest BCUT2D eigenvalue weighted by Gasteiger charge is -2.39. The molecule has 1 aromatic carbocycles. The highest BCUT2D eigenvalue weighted by atomic mass is 16.5. The van der Waals surface area contributed by atoms with Gasteiger partial charge in [-0.3, -0.25) is 15.4 Å². The second kappa shape index (κ2) is 6.26.